The van der Waals surface area contributed by atoms with Gasteiger partial charge in [-0.15, -0.1) is 0 Å². The molecule has 1 saturated heterocycles. The number of aryl methyl sites for hydroxylation is 1. The first-order valence-corrected chi connectivity index (χ1v) is 11.9. The van der Waals surface area contributed by atoms with Gasteiger partial charge in [0.2, 0.25) is 0 Å². The van der Waals surface area contributed by atoms with E-state index in [1.165, 1.54) is 24.4 Å². The average Bonchev–Trinajstić information content (AvgIpc) is 3.36. The molecule has 1 saturated carbocycles. The lowest BCUT2D eigenvalue weighted by molar-refractivity contribution is -0.0494. The summed E-state index contributed by atoms with van der Waals surface area (Å²) in [6.07, 6.45) is 4.87. The average molecular weight is 499 g/mol. The van der Waals surface area contributed by atoms with E-state index in [0.29, 0.717) is 30.9 Å². The second-order valence-corrected chi connectivity index (χ2v) is 9.89. The lowest BCUT2D eigenvalue weighted by Crippen LogP contribution is -2.65. The number of carbonyl (C=O) groups is 1. The fraction of sp³-hybridized carbons (Fsp3) is 0.400. The third kappa shape index (κ3) is 3.64. The minimum Gasteiger partial charge on any atom is -0.431 e. The summed E-state index contributed by atoms with van der Waals surface area (Å²) in [6, 6.07) is 9.61. The molecule has 8 nitrogen and oxygen atoms in total. The fourth-order valence-electron chi connectivity index (χ4n) is 5.62. The molecule has 2 amide bonds. The minimum atomic E-state index is -3.01. The van der Waals surface area contributed by atoms with Crippen LogP contribution in [-0.2, 0) is 17.5 Å². The number of halogens is 3. The molecule has 4 heterocycles. The first-order chi connectivity index (χ1) is 17.3. The summed E-state index contributed by atoms with van der Waals surface area (Å²) in [4.78, 5) is 18.9. The Hall–Kier alpha value is -3.76. The summed E-state index contributed by atoms with van der Waals surface area (Å²) < 4.78 is 45.5. The molecule has 11 heteroatoms. The van der Waals surface area contributed by atoms with Gasteiger partial charge in [0.25, 0.3) is 0 Å². The number of nitrogens with zero attached hydrogens (tertiary/aromatic N) is 4. The maximum absolute atomic E-state index is 13.8. The highest BCUT2D eigenvalue weighted by atomic mass is 19.3. The number of carbonyl (C=O) groups excluding carboxylic acids is 1. The Bertz CT molecular complexity index is 1330. The monoisotopic (exact) mass is 498 g/mol. The van der Waals surface area contributed by atoms with E-state index in [0.717, 1.165) is 36.9 Å². The molecule has 0 atom stereocenters. The third-order valence-corrected chi connectivity index (χ3v) is 7.72. The molecule has 3 aliphatic rings. The molecule has 0 unspecified atom stereocenters. The third-order valence-electron chi connectivity index (χ3n) is 7.72. The molecule has 2 fully saturated rings. The molecule has 1 aliphatic carbocycles. The minimum absolute atomic E-state index is 0.120. The number of likely N-dealkylation sites (tertiary alicyclic amines) is 1. The van der Waals surface area contributed by atoms with Gasteiger partial charge < -0.3 is 20.7 Å². The van der Waals surface area contributed by atoms with Crippen LogP contribution in [0, 0.1) is 5.82 Å². The molecule has 188 valence electrons. The Morgan fingerprint density at radius 1 is 1.17 bits per heavy atom. The Kier molecular flexibility index (Phi) is 5.13. The Morgan fingerprint density at radius 3 is 2.67 bits per heavy atom. The molecule has 2 aromatic heterocycles. The van der Waals surface area contributed by atoms with Crippen LogP contribution in [0.5, 0.6) is 5.75 Å². The summed E-state index contributed by atoms with van der Waals surface area (Å²) in [5, 5.41) is 7.79. The topological polar surface area (TPSA) is 98.3 Å². The van der Waals surface area contributed by atoms with Crippen molar-refractivity contribution >= 4 is 11.8 Å². The maximum atomic E-state index is 13.8. The zero-order valence-electron chi connectivity index (χ0n) is 19.4. The van der Waals surface area contributed by atoms with Crippen LogP contribution in [0.2, 0.25) is 0 Å². The van der Waals surface area contributed by atoms with E-state index in [2.05, 4.69) is 20.1 Å². The fourth-order valence-corrected chi connectivity index (χ4v) is 5.62. The van der Waals surface area contributed by atoms with Gasteiger partial charge in [-0.05, 0) is 55.5 Å². The molecular formula is C25H25F3N6O2. The number of amides is 2. The van der Waals surface area contributed by atoms with Crippen LogP contribution in [-0.4, -0.2) is 45.4 Å². The number of hydrogen-bond acceptors (Lipinski definition) is 5. The number of alkyl halides is 2. The number of hydrogen-bond donors (Lipinski definition) is 2. The van der Waals surface area contributed by atoms with Gasteiger partial charge in [-0.1, -0.05) is 12.1 Å². The first-order valence-electron chi connectivity index (χ1n) is 11.9. The number of anilines is 1. The van der Waals surface area contributed by atoms with Gasteiger partial charge in [0, 0.05) is 42.5 Å². The van der Waals surface area contributed by atoms with Gasteiger partial charge in [0.1, 0.15) is 5.82 Å². The molecule has 1 spiro atoms. The summed E-state index contributed by atoms with van der Waals surface area (Å²) in [5.74, 6) is -0.624. The van der Waals surface area contributed by atoms with Crippen molar-refractivity contribution in [2.75, 3.05) is 18.8 Å². The molecule has 0 bridgehead atoms. The summed E-state index contributed by atoms with van der Waals surface area (Å²) in [7, 11) is 0. The van der Waals surface area contributed by atoms with Crippen LogP contribution in [0.25, 0.3) is 11.3 Å². The molecule has 36 heavy (non-hydrogen) atoms. The summed E-state index contributed by atoms with van der Waals surface area (Å²) in [5.41, 5.74) is 7.82. The predicted octanol–water partition coefficient (Wildman–Crippen LogP) is 4.01. The molecule has 3 aromatic rings. The van der Waals surface area contributed by atoms with Gasteiger partial charge in [-0.3, -0.25) is 4.68 Å². The number of urea groups is 1. The first kappa shape index (κ1) is 22.7. The Morgan fingerprint density at radius 2 is 1.97 bits per heavy atom. The van der Waals surface area contributed by atoms with Gasteiger partial charge in [0.15, 0.2) is 11.6 Å². The number of pyridine rings is 1. The molecule has 2 aliphatic heterocycles. The van der Waals surface area contributed by atoms with Crippen molar-refractivity contribution in [3.63, 3.8) is 0 Å². The lowest BCUT2D eigenvalue weighted by Gasteiger charge is -2.50. The van der Waals surface area contributed by atoms with Gasteiger partial charge in [-0.2, -0.15) is 13.9 Å². The van der Waals surface area contributed by atoms with Gasteiger partial charge in [-0.25, -0.2) is 14.2 Å². The predicted molar refractivity (Wildman–Crippen MR) is 125 cm³/mol. The van der Waals surface area contributed by atoms with Crippen LogP contribution in [0.1, 0.15) is 36.9 Å². The normalized spacial score (nSPS) is 19.1. The number of aromatic nitrogens is 3. The van der Waals surface area contributed by atoms with Gasteiger partial charge >= 0.3 is 12.6 Å². The van der Waals surface area contributed by atoms with Crippen molar-refractivity contribution in [1.82, 2.24) is 25.0 Å². The second kappa shape index (κ2) is 8.14. The highest BCUT2D eigenvalue weighted by Crippen LogP contribution is 2.46. The lowest BCUT2D eigenvalue weighted by atomic mass is 9.71. The van der Waals surface area contributed by atoms with Crippen molar-refractivity contribution in [2.45, 2.75) is 49.8 Å². The zero-order valence-corrected chi connectivity index (χ0v) is 19.4. The van der Waals surface area contributed by atoms with E-state index in [1.54, 1.807) is 11.0 Å². The number of ether oxygens (including phenoxy) is 1. The quantitative estimate of drug-likeness (QED) is 0.554. The highest BCUT2D eigenvalue weighted by molar-refractivity contribution is 5.77. The van der Waals surface area contributed by atoms with Crippen molar-refractivity contribution in [3.8, 4) is 17.0 Å². The van der Waals surface area contributed by atoms with Crippen LogP contribution in [0.3, 0.4) is 0 Å². The van der Waals surface area contributed by atoms with E-state index < -0.39 is 12.2 Å². The molecule has 0 radical (unpaired) electrons. The van der Waals surface area contributed by atoms with Gasteiger partial charge in [0.05, 0.1) is 11.2 Å². The highest BCUT2D eigenvalue weighted by Gasteiger charge is 2.52. The Labute approximate surface area is 205 Å². The molecular weight excluding hydrogens is 473 g/mol. The van der Waals surface area contributed by atoms with Crippen LogP contribution in [0.4, 0.5) is 23.8 Å². The molecule has 3 N–H and O–H groups in total. The van der Waals surface area contributed by atoms with Crippen molar-refractivity contribution in [1.29, 1.82) is 0 Å². The van der Waals surface area contributed by atoms with E-state index in [-0.39, 0.29) is 28.8 Å². The SMILES string of the molecule is Nc1ncc(-c2cc3n(n2)CCC32CN(C(=O)NC3(c4cccc(F)c4)CCC3)C2)cc1OC(F)F. The standard InChI is InChI=1S/C25H25F3N6O2/c26-17-4-1-3-16(10-17)25(5-2-6-25)31-23(35)33-13-24(14-33)7-8-34-20(24)11-18(32-34)15-9-19(36-22(27)28)21(29)30-12-15/h1,3-4,9-12,22H,2,5-8,13-14H2,(H2,29,30)(H,31,35). The smallest absolute Gasteiger partial charge is 0.387 e. The number of rotatable bonds is 5. The van der Waals surface area contributed by atoms with E-state index in [4.69, 9.17) is 5.73 Å². The maximum Gasteiger partial charge on any atom is 0.387 e. The van der Waals surface area contributed by atoms with E-state index in [9.17, 15) is 18.0 Å². The molecule has 6 rings (SSSR count). The number of nitrogen functional groups attached to an aromatic ring is 1. The number of nitrogens with two attached hydrogens (primary N) is 1. The Balaban J connectivity index is 1.17. The van der Waals surface area contributed by atoms with Crippen molar-refractivity contribution in [3.05, 3.63) is 59.7 Å². The van der Waals surface area contributed by atoms with Crippen LogP contribution < -0.4 is 15.8 Å². The van der Waals surface area contributed by atoms with E-state index >= 15 is 0 Å². The summed E-state index contributed by atoms with van der Waals surface area (Å²) >= 11 is 0. The summed E-state index contributed by atoms with van der Waals surface area (Å²) in [6.45, 7) is -1.22. The zero-order chi connectivity index (χ0) is 25.1. The second-order valence-electron chi connectivity index (χ2n) is 9.89. The van der Waals surface area contributed by atoms with Crippen molar-refractivity contribution < 1.29 is 22.7 Å². The largest absolute Gasteiger partial charge is 0.431 e. The number of nitrogens with one attached hydrogen (secondary N) is 1. The van der Waals surface area contributed by atoms with Crippen LogP contribution in [0.15, 0.2) is 42.6 Å². The van der Waals surface area contributed by atoms with Crippen LogP contribution >= 0.6 is 0 Å². The van der Waals surface area contributed by atoms with E-state index in [1.807, 2.05) is 16.8 Å². The number of fused-ring (bicyclic) bond motifs is 2. The number of benzene rings is 1. The molecule has 1 aromatic carbocycles. The van der Waals surface area contributed by atoms with Crippen molar-refractivity contribution in [2.24, 2.45) is 0 Å².